The minimum Gasteiger partial charge on any atom is -0.449 e. The van der Waals surface area contributed by atoms with Gasteiger partial charge in [-0.25, -0.2) is 5.01 Å². The van der Waals surface area contributed by atoms with Gasteiger partial charge in [-0.1, -0.05) is 19.1 Å². The van der Waals surface area contributed by atoms with Crippen LogP contribution in [0.1, 0.15) is 20.3 Å². The number of hydrazine groups is 1. The summed E-state index contributed by atoms with van der Waals surface area (Å²) in [7, 11) is 0. The lowest BCUT2D eigenvalue weighted by molar-refractivity contribution is -0.0731. The third-order valence-electron chi connectivity index (χ3n) is 2.76. The molecule has 0 atom stereocenters. The number of rotatable bonds is 4. The number of ether oxygens (including phenoxy) is 2. The van der Waals surface area contributed by atoms with Crippen LogP contribution in [-0.4, -0.2) is 23.9 Å². The van der Waals surface area contributed by atoms with E-state index in [9.17, 15) is 0 Å². The first-order valence-corrected chi connectivity index (χ1v) is 5.60. The van der Waals surface area contributed by atoms with E-state index in [1.165, 1.54) is 0 Å². The Balaban J connectivity index is 0.00000144. The van der Waals surface area contributed by atoms with Crippen molar-refractivity contribution in [3.8, 4) is 11.5 Å². The maximum absolute atomic E-state index is 5.78. The van der Waals surface area contributed by atoms with Gasteiger partial charge in [0.2, 0.25) is 5.79 Å². The third kappa shape index (κ3) is 3.92. The van der Waals surface area contributed by atoms with Gasteiger partial charge in [-0.05, 0) is 12.1 Å². The van der Waals surface area contributed by atoms with E-state index in [1.807, 2.05) is 38.1 Å². The second-order valence-electron chi connectivity index (χ2n) is 4.16. The maximum Gasteiger partial charge on any atom is 0.250 e. The summed E-state index contributed by atoms with van der Waals surface area (Å²) < 4.78 is 11.6. The zero-order valence-corrected chi connectivity index (χ0v) is 12.2. The number of hydrogen-bond donors (Lipinski definition) is 1. The summed E-state index contributed by atoms with van der Waals surface area (Å²) >= 11 is 0. The number of halogens is 2. The molecule has 1 aliphatic rings. The topological polar surface area (TPSA) is 47.7 Å². The van der Waals surface area contributed by atoms with E-state index >= 15 is 0 Å². The van der Waals surface area contributed by atoms with E-state index < -0.39 is 5.79 Å². The lowest BCUT2D eigenvalue weighted by Crippen LogP contribution is -2.41. The van der Waals surface area contributed by atoms with Crippen molar-refractivity contribution in [1.29, 1.82) is 0 Å². The number of fused-ring (bicyclic) bond motifs is 1. The van der Waals surface area contributed by atoms with Crippen LogP contribution in [0.5, 0.6) is 11.5 Å². The molecule has 0 saturated heterocycles. The van der Waals surface area contributed by atoms with Crippen molar-refractivity contribution in [3.63, 3.8) is 0 Å². The highest BCUT2D eigenvalue weighted by Gasteiger charge is 2.36. The van der Waals surface area contributed by atoms with Crippen molar-refractivity contribution >= 4 is 24.8 Å². The molecule has 1 aliphatic heterocycles. The Labute approximate surface area is 120 Å². The summed E-state index contributed by atoms with van der Waals surface area (Å²) in [6.07, 6.45) is 0.742. The van der Waals surface area contributed by atoms with Gasteiger partial charge in [0, 0.05) is 26.4 Å². The van der Waals surface area contributed by atoms with Gasteiger partial charge in [0.1, 0.15) is 0 Å². The van der Waals surface area contributed by atoms with E-state index in [-0.39, 0.29) is 24.8 Å². The summed E-state index contributed by atoms with van der Waals surface area (Å²) in [6.45, 7) is 5.54. The van der Waals surface area contributed by atoms with E-state index in [2.05, 4.69) is 0 Å². The predicted molar refractivity (Wildman–Crippen MR) is 76.7 cm³/mol. The highest BCUT2D eigenvalue weighted by Crippen LogP contribution is 2.40. The molecule has 104 valence electrons. The van der Waals surface area contributed by atoms with Gasteiger partial charge in [0.05, 0.1) is 0 Å². The van der Waals surface area contributed by atoms with Crippen LogP contribution in [0.2, 0.25) is 0 Å². The smallest absolute Gasteiger partial charge is 0.250 e. The molecular weight excluding hydrogens is 275 g/mol. The second-order valence-corrected chi connectivity index (χ2v) is 4.16. The largest absolute Gasteiger partial charge is 0.449 e. The van der Waals surface area contributed by atoms with Crippen molar-refractivity contribution in [2.75, 3.05) is 13.1 Å². The Morgan fingerprint density at radius 3 is 2.11 bits per heavy atom. The number of para-hydroxylation sites is 2. The van der Waals surface area contributed by atoms with Crippen molar-refractivity contribution < 1.29 is 9.47 Å². The van der Waals surface area contributed by atoms with Crippen molar-refractivity contribution in [2.45, 2.75) is 26.1 Å². The number of nitrogens with zero attached hydrogens (tertiary/aromatic N) is 1. The zero-order valence-electron chi connectivity index (χ0n) is 10.6. The fraction of sp³-hybridized carbons (Fsp3) is 0.500. The second kappa shape index (κ2) is 7.04. The van der Waals surface area contributed by atoms with Gasteiger partial charge in [-0.3, -0.25) is 5.84 Å². The first-order chi connectivity index (χ1) is 7.63. The van der Waals surface area contributed by atoms with Crippen molar-refractivity contribution in [3.05, 3.63) is 24.3 Å². The molecule has 0 radical (unpaired) electrons. The van der Waals surface area contributed by atoms with E-state index in [4.69, 9.17) is 15.3 Å². The number of benzene rings is 1. The Kier molecular flexibility index (Phi) is 6.78. The maximum atomic E-state index is 5.78. The van der Waals surface area contributed by atoms with Gasteiger partial charge in [-0.15, -0.1) is 24.8 Å². The van der Waals surface area contributed by atoms with Gasteiger partial charge >= 0.3 is 0 Å². The average molecular weight is 295 g/mol. The molecule has 0 amide bonds. The highest BCUT2D eigenvalue weighted by molar-refractivity contribution is 5.85. The molecular formula is C12H20Cl2N2O2. The summed E-state index contributed by atoms with van der Waals surface area (Å²) in [4.78, 5) is 0. The van der Waals surface area contributed by atoms with Gasteiger partial charge < -0.3 is 9.47 Å². The normalized spacial score (nSPS) is 14.9. The summed E-state index contributed by atoms with van der Waals surface area (Å²) in [5.74, 6) is 6.77. The molecule has 0 bridgehead atoms. The van der Waals surface area contributed by atoms with Gasteiger partial charge in [-0.2, -0.15) is 0 Å². The minimum atomic E-state index is -0.587. The van der Waals surface area contributed by atoms with Crippen LogP contribution in [-0.2, 0) is 0 Å². The van der Waals surface area contributed by atoms with Crippen LogP contribution in [0.3, 0.4) is 0 Å². The monoisotopic (exact) mass is 294 g/mol. The lowest BCUT2D eigenvalue weighted by Gasteiger charge is -2.25. The standard InChI is InChI=1S/C12H18N2O2.2ClH/c1-3-14(13)9-8-12(2)15-10-6-4-5-7-11(10)16-12;;/h4-7H,3,8-9,13H2,1-2H3;2*1H. The molecule has 1 heterocycles. The van der Waals surface area contributed by atoms with Crippen LogP contribution in [0.25, 0.3) is 0 Å². The fourth-order valence-corrected chi connectivity index (χ4v) is 1.71. The summed E-state index contributed by atoms with van der Waals surface area (Å²) in [6, 6.07) is 7.71. The lowest BCUT2D eigenvalue weighted by atomic mass is 10.2. The Hall–Kier alpha value is -0.680. The van der Waals surface area contributed by atoms with Gasteiger partial charge in [0.15, 0.2) is 11.5 Å². The van der Waals surface area contributed by atoms with E-state index in [0.717, 1.165) is 31.0 Å². The number of hydrogen-bond acceptors (Lipinski definition) is 4. The van der Waals surface area contributed by atoms with Crippen LogP contribution < -0.4 is 15.3 Å². The molecule has 2 rings (SSSR count). The van der Waals surface area contributed by atoms with Crippen molar-refractivity contribution in [1.82, 2.24) is 5.01 Å². The molecule has 2 N–H and O–H groups in total. The average Bonchev–Trinajstić information content (AvgIpc) is 2.62. The summed E-state index contributed by atoms with van der Waals surface area (Å²) in [5.41, 5.74) is 0. The molecule has 0 aromatic heterocycles. The van der Waals surface area contributed by atoms with Crippen LogP contribution in [0.15, 0.2) is 24.3 Å². The van der Waals surface area contributed by atoms with Crippen LogP contribution >= 0.6 is 24.8 Å². The first kappa shape index (κ1) is 17.3. The molecule has 18 heavy (non-hydrogen) atoms. The summed E-state index contributed by atoms with van der Waals surface area (Å²) in [5, 5.41) is 1.75. The van der Waals surface area contributed by atoms with Crippen LogP contribution in [0, 0.1) is 0 Å². The zero-order chi connectivity index (χ0) is 11.6. The predicted octanol–water partition coefficient (Wildman–Crippen LogP) is 2.60. The molecule has 1 aromatic rings. The Bertz CT molecular complexity index is 352. The van der Waals surface area contributed by atoms with Gasteiger partial charge in [0.25, 0.3) is 0 Å². The molecule has 0 aliphatic carbocycles. The molecule has 0 unspecified atom stereocenters. The molecule has 0 fully saturated rings. The van der Waals surface area contributed by atoms with E-state index in [1.54, 1.807) is 5.01 Å². The Morgan fingerprint density at radius 2 is 1.67 bits per heavy atom. The highest BCUT2D eigenvalue weighted by atomic mass is 35.5. The SMILES string of the molecule is CCN(N)CCC1(C)Oc2ccccc2O1.Cl.Cl. The quantitative estimate of drug-likeness (QED) is 0.685. The molecule has 6 heteroatoms. The molecule has 4 nitrogen and oxygen atoms in total. The van der Waals surface area contributed by atoms with Crippen molar-refractivity contribution in [2.24, 2.45) is 5.84 Å². The molecule has 0 spiro atoms. The van der Waals surface area contributed by atoms with E-state index in [0.29, 0.717) is 0 Å². The van der Waals surface area contributed by atoms with Crippen LogP contribution in [0.4, 0.5) is 0 Å². The number of nitrogens with two attached hydrogens (primary N) is 1. The molecule has 0 saturated carbocycles. The molecule has 1 aromatic carbocycles. The fourth-order valence-electron chi connectivity index (χ4n) is 1.71. The first-order valence-electron chi connectivity index (χ1n) is 5.60. The minimum absolute atomic E-state index is 0. The third-order valence-corrected chi connectivity index (χ3v) is 2.76. The Morgan fingerprint density at radius 1 is 1.17 bits per heavy atom.